The first-order valence-corrected chi connectivity index (χ1v) is 6.71. The van der Waals surface area contributed by atoms with Crippen molar-refractivity contribution < 1.29 is 4.79 Å². The number of carbonyl (C=O) groups excluding carboxylic acids is 1. The Bertz CT molecular complexity index is 436. The van der Waals surface area contributed by atoms with E-state index in [1.807, 2.05) is 18.2 Å². The molecule has 98 valence electrons. The van der Waals surface area contributed by atoms with Crippen LogP contribution in [0.15, 0.2) is 24.3 Å². The van der Waals surface area contributed by atoms with Crippen molar-refractivity contribution in [2.75, 3.05) is 19.6 Å². The zero-order valence-corrected chi connectivity index (χ0v) is 11.4. The minimum Gasteiger partial charge on any atom is -0.369 e. The molecule has 1 amide bonds. The number of nitrogens with two attached hydrogens (primary N) is 1. The first kappa shape index (κ1) is 13.4. The second-order valence-electron chi connectivity index (χ2n) is 5.10. The number of nitrogens with zero attached hydrogens (tertiary/aromatic N) is 1. The molecule has 1 aliphatic rings. The van der Waals surface area contributed by atoms with Crippen LogP contribution in [0.1, 0.15) is 24.8 Å². The van der Waals surface area contributed by atoms with Gasteiger partial charge in [-0.1, -0.05) is 30.7 Å². The molecule has 0 aromatic heterocycles. The minimum absolute atomic E-state index is 0.0246. The molecule has 0 spiro atoms. The van der Waals surface area contributed by atoms with Crippen LogP contribution >= 0.6 is 11.6 Å². The molecule has 2 rings (SSSR count). The van der Waals surface area contributed by atoms with E-state index in [1.165, 1.54) is 5.56 Å². The predicted octanol–water partition coefficient (Wildman–Crippen LogP) is 2.25. The van der Waals surface area contributed by atoms with Gasteiger partial charge in [-0.15, -0.1) is 0 Å². The number of carbonyl (C=O) groups is 1. The van der Waals surface area contributed by atoms with Gasteiger partial charge in [0.2, 0.25) is 5.91 Å². The second kappa shape index (κ2) is 5.72. The Morgan fingerprint density at radius 3 is 3.00 bits per heavy atom. The van der Waals surface area contributed by atoms with E-state index in [9.17, 15) is 4.79 Å². The van der Waals surface area contributed by atoms with Crippen molar-refractivity contribution in [1.82, 2.24) is 4.90 Å². The van der Waals surface area contributed by atoms with Gasteiger partial charge in [0.1, 0.15) is 0 Å². The normalized spacial score (nSPS) is 22.0. The van der Waals surface area contributed by atoms with E-state index >= 15 is 0 Å². The Morgan fingerprint density at radius 2 is 2.39 bits per heavy atom. The molecule has 4 heteroatoms. The fraction of sp³-hybridized carbons (Fsp3) is 0.500. The highest BCUT2D eigenvalue weighted by molar-refractivity contribution is 6.30. The summed E-state index contributed by atoms with van der Waals surface area (Å²) >= 11 is 6.00. The molecule has 1 aromatic rings. The van der Waals surface area contributed by atoms with Crippen LogP contribution < -0.4 is 5.73 Å². The average Bonchev–Trinajstić information content (AvgIpc) is 2.77. The van der Waals surface area contributed by atoms with Gasteiger partial charge in [0.05, 0.1) is 5.92 Å². The molecule has 0 radical (unpaired) electrons. The van der Waals surface area contributed by atoms with Crippen LogP contribution in [0.25, 0.3) is 0 Å². The van der Waals surface area contributed by atoms with E-state index in [-0.39, 0.29) is 11.8 Å². The van der Waals surface area contributed by atoms with Crippen LogP contribution in [0.2, 0.25) is 5.02 Å². The van der Waals surface area contributed by atoms with Crippen LogP contribution in [-0.2, 0) is 4.79 Å². The Hall–Kier alpha value is -1.06. The molecule has 0 unspecified atom stereocenters. The maximum Gasteiger partial charge on any atom is 0.221 e. The largest absolute Gasteiger partial charge is 0.369 e. The summed E-state index contributed by atoms with van der Waals surface area (Å²) < 4.78 is 0. The molecule has 0 saturated carbocycles. The number of benzene rings is 1. The Labute approximate surface area is 113 Å². The van der Waals surface area contributed by atoms with Crippen molar-refractivity contribution in [2.24, 2.45) is 11.7 Å². The minimum atomic E-state index is -0.173. The number of hydrogen-bond acceptors (Lipinski definition) is 2. The number of rotatable bonds is 4. The summed E-state index contributed by atoms with van der Waals surface area (Å²) in [7, 11) is 0. The van der Waals surface area contributed by atoms with Gasteiger partial charge in [-0.25, -0.2) is 0 Å². The van der Waals surface area contributed by atoms with Crippen LogP contribution in [-0.4, -0.2) is 30.4 Å². The SMILES string of the molecule is C[C@H](CN1CC[C@@H](C(N)=O)C1)c1cccc(Cl)c1. The number of primary amides is 1. The van der Waals surface area contributed by atoms with Crippen LogP contribution in [0, 0.1) is 5.92 Å². The molecule has 1 heterocycles. The second-order valence-corrected chi connectivity index (χ2v) is 5.54. The maximum absolute atomic E-state index is 11.1. The summed E-state index contributed by atoms with van der Waals surface area (Å²) in [6.45, 7) is 4.88. The van der Waals surface area contributed by atoms with Gasteiger partial charge in [0.15, 0.2) is 0 Å². The van der Waals surface area contributed by atoms with Crippen LogP contribution in [0.4, 0.5) is 0 Å². The molecule has 18 heavy (non-hydrogen) atoms. The molecule has 2 N–H and O–H groups in total. The molecule has 0 aliphatic carbocycles. The van der Waals surface area contributed by atoms with Gasteiger partial charge < -0.3 is 10.6 Å². The zero-order chi connectivity index (χ0) is 13.1. The quantitative estimate of drug-likeness (QED) is 0.909. The van der Waals surface area contributed by atoms with Crippen molar-refractivity contribution in [3.63, 3.8) is 0 Å². The smallest absolute Gasteiger partial charge is 0.221 e. The summed E-state index contributed by atoms with van der Waals surface area (Å²) in [6, 6.07) is 7.97. The standard InChI is InChI=1S/C14H19ClN2O/c1-10(11-3-2-4-13(15)7-11)8-17-6-5-12(9-17)14(16)18/h2-4,7,10,12H,5-6,8-9H2,1H3,(H2,16,18)/t10-,12-/m1/s1. The average molecular weight is 267 g/mol. The van der Waals surface area contributed by atoms with Crippen LogP contribution in [0.5, 0.6) is 0 Å². The summed E-state index contributed by atoms with van der Waals surface area (Å²) in [5, 5.41) is 0.774. The highest BCUT2D eigenvalue weighted by Crippen LogP contribution is 2.23. The van der Waals surface area contributed by atoms with Crippen molar-refractivity contribution in [3.8, 4) is 0 Å². The van der Waals surface area contributed by atoms with Gasteiger partial charge in [-0.3, -0.25) is 4.79 Å². The van der Waals surface area contributed by atoms with Crippen molar-refractivity contribution in [1.29, 1.82) is 0 Å². The van der Waals surface area contributed by atoms with E-state index in [0.717, 1.165) is 31.1 Å². The first-order valence-electron chi connectivity index (χ1n) is 6.33. The lowest BCUT2D eigenvalue weighted by atomic mass is 10.0. The molecule has 1 saturated heterocycles. The third kappa shape index (κ3) is 3.24. The number of likely N-dealkylation sites (tertiary alicyclic amines) is 1. The van der Waals surface area contributed by atoms with Crippen molar-refractivity contribution >= 4 is 17.5 Å². The van der Waals surface area contributed by atoms with E-state index < -0.39 is 0 Å². The van der Waals surface area contributed by atoms with E-state index in [4.69, 9.17) is 17.3 Å². The molecule has 1 aromatic carbocycles. The Kier molecular flexibility index (Phi) is 4.25. The Balaban J connectivity index is 1.92. The molecular weight excluding hydrogens is 248 g/mol. The van der Waals surface area contributed by atoms with Gasteiger partial charge in [-0.2, -0.15) is 0 Å². The van der Waals surface area contributed by atoms with Crippen molar-refractivity contribution in [2.45, 2.75) is 19.3 Å². The topological polar surface area (TPSA) is 46.3 Å². The third-order valence-corrected chi connectivity index (χ3v) is 3.86. The van der Waals surface area contributed by atoms with Crippen LogP contribution in [0.3, 0.4) is 0 Å². The highest BCUT2D eigenvalue weighted by Gasteiger charge is 2.27. The molecule has 2 atom stereocenters. The Morgan fingerprint density at radius 1 is 1.61 bits per heavy atom. The fourth-order valence-corrected chi connectivity index (χ4v) is 2.74. The summed E-state index contributed by atoms with van der Waals surface area (Å²) in [5.74, 6) is 0.264. The molecular formula is C14H19ClN2O. The molecule has 1 fully saturated rings. The lowest BCUT2D eigenvalue weighted by Crippen LogP contribution is -2.29. The number of halogens is 1. The molecule has 3 nitrogen and oxygen atoms in total. The summed E-state index contributed by atoms with van der Waals surface area (Å²) in [6.07, 6.45) is 0.887. The summed E-state index contributed by atoms with van der Waals surface area (Å²) in [4.78, 5) is 13.4. The molecule has 1 aliphatic heterocycles. The van der Waals surface area contributed by atoms with E-state index in [0.29, 0.717) is 5.92 Å². The van der Waals surface area contributed by atoms with Crippen molar-refractivity contribution in [3.05, 3.63) is 34.9 Å². The predicted molar refractivity (Wildman–Crippen MR) is 73.6 cm³/mol. The fourth-order valence-electron chi connectivity index (χ4n) is 2.54. The third-order valence-electron chi connectivity index (χ3n) is 3.62. The number of hydrogen-bond donors (Lipinski definition) is 1. The maximum atomic E-state index is 11.1. The van der Waals surface area contributed by atoms with E-state index in [1.54, 1.807) is 0 Å². The lowest BCUT2D eigenvalue weighted by Gasteiger charge is -2.21. The number of amides is 1. The van der Waals surface area contributed by atoms with Gasteiger partial charge >= 0.3 is 0 Å². The van der Waals surface area contributed by atoms with Gasteiger partial charge in [-0.05, 0) is 36.6 Å². The molecule has 0 bridgehead atoms. The van der Waals surface area contributed by atoms with Gasteiger partial charge in [0, 0.05) is 18.1 Å². The zero-order valence-electron chi connectivity index (χ0n) is 10.6. The summed E-state index contributed by atoms with van der Waals surface area (Å²) in [5.41, 5.74) is 6.58. The van der Waals surface area contributed by atoms with Gasteiger partial charge in [0.25, 0.3) is 0 Å². The monoisotopic (exact) mass is 266 g/mol. The lowest BCUT2D eigenvalue weighted by molar-refractivity contribution is -0.121. The first-order chi connectivity index (χ1) is 8.56. The highest BCUT2D eigenvalue weighted by atomic mass is 35.5. The van der Waals surface area contributed by atoms with E-state index in [2.05, 4.69) is 17.9 Å².